The second-order valence-electron chi connectivity index (χ2n) is 5.38. The van der Waals surface area contributed by atoms with Crippen LogP contribution >= 0.6 is 0 Å². The standard InChI is InChI=1S/C16H16N2O7/c1-9-15(16(21)25-8-24-10(2)19)13(7-14(20)17-9)11-4-3-5-12(6-11)18(22)23/h3-6,13H,7-8H2,1-2H3,(H,17,20). The van der Waals surface area contributed by atoms with Crippen LogP contribution in [0.5, 0.6) is 0 Å². The maximum Gasteiger partial charge on any atom is 0.339 e. The molecule has 0 saturated carbocycles. The van der Waals surface area contributed by atoms with E-state index in [0.717, 1.165) is 0 Å². The van der Waals surface area contributed by atoms with E-state index in [4.69, 9.17) is 4.74 Å². The molecule has 1 aromatic carbocycles. The summed E-state index contributed by atoms with van der Waals surface area (Å²) in [6.07, 6.45) is -0.0590. The summed E-state index contributed by atoms with van der Waals surface area (Å²) in [5.74, 6) is -2.38. The zero-order valence-corrected chi connectivity index (χ0v) is 13.6. The van der Waals surface area contributed by atoms with E-state index in [1.807, 2.05) is 0 Å². The molecule has 0 saturated heterocycles. The van der Waals surface area contributed by atoms with Crippen molar-refractivity contribution < 1.29 is 28.8 Å². The minimum absolute atomic E-state index is 0.0590. The molecule has 0 spiro atoms. The number of rotatable bonds is 5. The van der Waals surface area contributed by atoms with Crippen LogP contribution in [0.25, 0.3) is 0 Å². The number of hydrogen-bond donors (Lipinski definition) is 1. The second kappa shape index (κ2) is 7.56. The van der Waals surface area contributed by atoms with Crippen LogP contribution in [0, 0.1) is 10.1 Å². The smallest absolute Gasteiger partial charge is 0.339 e. The van der Waals surface area contributed by atoms with Crippen LogP contribution in [0.3, 0.4) is 0 Å². The monoisotopic (exact) mass is 348 g/mol. The number of amides is 1. The van der Waals surface area contributed by atoms with E-state index in [2.05, 4.69) is 10.1 Å². The van der Waals surface area contributed by atoms with Crippen LogP contribution in [0.2, 0.25) is 0 Å². The second-order valence-corrected chi connectivity index (χ2v) is 5.38. The molecule has 0 aromatic heterocycles. The fourth-order valence-corrected chi connectivity index (χ4v) is 2.55. The summed E-state index contributed by atoms with van der Waals surface area (Å²) in [5.41, 5.74) is 0.754. The van der Waals surface area contributed by atoms with Crippen molar-refractivity contribution in [3.05, 3.63) is 51.2 Å². The first-order chi connectivity index (χ1) is 11.8. The minimum Gasteiger partial charge on any atom is -0.428 e. The van der Waals surface area contributed by atoms with Gasteiger partial charge in [0.15, 0.2) is 0 Å². The highest BCUT2D eigenvalue weighted by molar-refractivity contribution is 5.95. The Labute approximate surface area is 142 Å². The Morgan fingerprint density at radius 2 is 2.08 bits per heavy atom. The van der Waals surface area contributed by atoms with Gasteiger partial charge in [-0.3, -0.25) is 19.7 Å². The molecule has 1 amide bonds. The van der Waals surface area contributed by atoms with Crippen molar-refractivity contribution in [2.45, 2.75) is 26.2 Å². The Morgan fingerprint density at radius 3 is 2.72 bits per heavy atom. The molecule has 1 aromatic rings. The lowest BCUT2D eigenvalue weighted by Crippen LogP contribution is -2.34. The van der Waals surface area contributed by atoms with E-state index in [1.165, 1.54) is 32.0 Å². The molecule has 1 aliphatic heterocycles. The van der Waals surface area contributed by atoms with Crippen molar-refractivity contribution in [1.82, 2.24) is 5.32 Å². The highest BCUT2D eigenvalue weighted by Gasteiger charge is 2.33. The van der Waals surface area contributed by atoms with Crippen LogP contribution in [0.15, 0.2) is 35.5 Å². The number of allylic oxidation sites excluding steroid dienone is 1. The molecule has 25 heavy (non-hydrogen) atoms. The Balaban J connectivity index is 2.33. The van der Waals surface area contributed by atoms with Gasteiger partial charge in [0.2, 0.25) is 12.7 Å². The van der Waals surface area contributed by atoms with Gasteiger partial charge in [0.05, 0.1) is 10.5 Å². The molecule has 0 fully saturated rings. The van der Waals surface area contributed by atoms with Crippen molar-refractivity contribution in [2.75, 3.05) is 6.79 Å². The third kappa shape index (κ3) is 4.40. The molecule has 2 rings (SSSR count). The fraction of sp³-hybridized carbons (Fsp3) is 0.312. The SMILES string of the molecule is CC(=O)OCOC(=O)C1=C(C)NC(=O)CC1c1cccc([N+](=O)[O-])c1. The van der Waals surface area contributed by atoms with Crippen LogP contribution in [0.4, 0.5) is 5.69 Å². The molecule has 132 valence electrons. The molecular weight excluding hydrogens is 332 g/mol. The van der Waals surface area contributed by atoms with Gasteiger partial charge < -0.3 is 14.8 Å². The zero-order valence-electron chi connectivity index (χ0n) is 13.6. The number of nitrogens with zero attached hydrogens (tertiary/aromatic N) is 1. The predicted octanol–water partition coefficient (Wildman–Crippen LogP) is 1.54. The number of nitro benzene ring substituents is 1. The lowest BCUT2D eigenvalue weighted by Gasteiger charge is -2.26. The minimum atomic E-state index is -0.768. The van der Waals surface area contributed by atoms with Crippen molar-refractivity contribution in [3.8, 4) is 0 Å². The molecule has 1 atom stereocenters. The van der Waals surface area contributed by atoms with E-state index in [-0.39, 0.29) is 23.6 Å². The lowest BCUT2D eigenvalue weighted by atomic mass is 9.84. The summed E-state index contributed by atoms with van der Waals surface area (Å²) in [4.78, 5) is 45.3. The van der Waals surface area contributed by atoms with Crippen LogP contribution in [0.1, 0.15) is 31.7 Å². The first kappa shape index (κ1) is 18.1. The maximum absolute atomic E-state index is 12.3. The number of carbonyl (C=O) groups is 3. The maximum atomic E-state index is 12.3. The topological polar surface area (TPSA) is 125 Å². The number of esters is 2. The van der Waals surface area contributed by atoms with Crippen molar-refractivity contribution in [1.29, 1.82) is 0 Å². The van der Waals surface area contributed by atoms with Gasteiger partial charge in [0.25, 0.3) is 5.69 Å². The normalized spacial score (nSPS) is 16.9. The van der Waals surface area contributed by atoms with Gasteiger partial charge in [-0.25, -0.2) is 4.79 Å². The van der Waals surface area contributed by atoms with Crippen molar-refractivity contribution in [2.24, 2.45) is 0 Å². The van der Waals surface area contributed by atoms with E-state index >= 15 is 0 Å². The van der Waals surface area contributed by atoms with Crippen LogP contribution in [-0.4, -0.2) is 29.6 Å². The summed E-state index contributed by atoms with van der Waals surface area (Å²) in [6, 6.07) is 5.72. The van der Waals surface area contributed by atoms with Gasteiger partial charge in [-0.05, 0) is 12.5 Å². The third-order valence-corrected chi connectivity index (χ3v) is 3.62. The summed E-state index contributed by atoms with van der Waals surface area (Å²) >= 11 is 0. The molecule has 1 heterocycles. The Bertz CT molecular complexity index is 770. The molecule has 0 bridgehead atoms. The lowest BCUT2D eigenvalue weighted by molar-refractivity contribution is -0.384. The van der Waals surface area contributed by atoms with E-state index in [9.17, 15) is 24.5 Å². The van der Waals surface area contributed by atoms with Crippen molar-refractivity contribution >= 4 is 23.5 Å². The third-order valence-electron chi connectivity index (χ3n) is 3.62. The van der Waals surface area contributed by atoms with Crippen LogP contribution in [-0.2, 0) is 23.9 Å². The summed E-state index contributed by atoms with van der Waals surface area (Å²) in [7, 11) is 0. The molecule has 0 aliphatic carbocycles. The van der Waals surface area contributed by atoms with Gasteiger partial charge >= 0.3 is 11.9 Å². The number of carbonyl (C=O) groups excluding carboxylic acids is 3. The van der Waals surface area contributed by atoms with Gasteiger partial charge in [-0.15, -0.1) is 0 Å². The number of nitrogens with one attached hydrogen (secondary N) is 1. The summed E-state index contributed by atoms with van der Waals surface area (Å²) in [6.45, 7) is 2.15. The van der Waals surface area contributed by atoms with Gasteiger partial charge in [-0.1, -0.05) is 12.1 Å². The van der Waals surface area contributed by atoms with Gasteiger partial charge in [0.1, 0.15) is 0 Å². The Morgan fingerprint density at radius 1 is 1.36 bits per heavy atom. The molecular formula is C16H16N2O7. The average molecular weight is 348 g/mol. The molecule has 1 N–H and O–H groups in total. The fourth-order valence-electron chi connectivity index (χ4n) is 2.55. The average Bonchev–Trinajstić information content (AvgIpc) is 2.53. The van der Waals surface area contributed by atoms with E-state index in [1.54, 1.807) is 6.07 Å². The van der Waals surface area contributed by atoms with Gasteiger partial charge in [0, 0.05) is 37.1 Å². The van der Waals surface area contributed by atoms with Crippen molar-refractivity contribution in [3.63, 3.8) is 0 Å². The number of benzene rings is 1. The highest BCUT2D eigenvalue weighted by atomic mass is 16.7. The number of nitro groups is 1. The Kier molecular flexibility index (Phi) is 5.48. The zero-order chi connectivity index (χ0) is 18.6. The first-order valence-corrected chi connectivity index (χ1v) is 7.35. The quantitative estimate of drug-likeness (QED) is 0.370. The first-order valence-electron chi connectivity index (χ1n) is 7.35. The summed E-state index contributed by atoms with van der Waals surface area (Å²) in [5, 5.41) is 13.5. The van der Waals surface area contributed by atoms with E-state index in [0.29, 0.717) is 11.3 Å². The predicted molar refractivity (Wildman–Crippen MR) is 84.0 cm³/mol. The highest BCUT2D eigenvalue weighted by Crippen LogP contribution is 2.34. The summed E-state index contributed by atoms with van der Waals surface area (Å²) < 4.78 is 9.47. The Hall–Kier alpha value is -3.23. The largest absolute Gasteiger partial charge is 0.428 e. The van der Waals surface area contributed by atoms with Crippen LogP contribution < -0.4 is 5.32 Å². The molecule has 0 radical (unpaired) electrons. The number of hydrogen-bond acceptors (Lipinski definition) is 7. The molecule has 1 aliphatic rings. The number of non-ortho nitro benzene ring substituents is 1. The molecule has 9 nitrogen and oxygen atoms in total. The molecule has 9 heteroatoms. The number of ether oxygens (including phenoxy) is 2. The molecule has 1 unspecified atom stereocenters. The van der Waals surface area contributed by atoms with E-state index < -0.39 is 29.6 Å². The van der Waals surface area contributed by atoms with Gasteiger partial charge in [-0.2, -0.15) is 0 Å².